The molecule has 2 aromatic heterocycles. The Morgan fingerprint density at radius 2 is 2.03 bits per heavy atom. The standard InChI is InChI=1S/C22H23N7O2/c1-13-5-3-8-16-18(13)20-27-19(14-6-4-7-15(11-14)31-2)28-29(20)22(25-16)26-17-12-23-9-10-24-21(17)30/h3-8,11,17,23H,9-10,12H2,1-2H3,(H,24,30)(H,25,26)/t17-/m1/s1. The Kier molecular flexibility index (Phi) is 4.87. The monoisotopic (exact) mass is 417 g/mol. The molecule has 9 nitrogen and oxygen atoms in total. The van der Waals surface area contributed by atoms with Crippen LogP contribution in [0.2, 0.25) is 0 Å². The van der Waals surface area contributed by atoms with Gasteiger partial charge in [-0.25, -0.2) is 9.97 Å². The number of nitrogens with one attached hydrogen (secondary N) is 3. The molecule has 1 amide bonds. The topological polar surface area (TPSA) is 105 Å². The summed E-state index contributed by atoms with van der Waals surface area (Å²) in [5.74, 6) is 1.69. The fourth-order valence-electron chi connectivity index (χ4n) is 3.81. The van der Waals surface area contributed by atoms with Crippen LogP contribution in [0.3, 0.4) is 0 Å². The molecule has 0 aliphatic carbocycles. The minimum Gasteiger partial charge on any atom is -0.497 e. The molecule has 1 saturated heterocycles. The highest BCUT2D eigenvalue weighted by Crippen LogP contribution is 2.28. The van der Waals surface area contributed by atoms with Crippen LogP contribution >= 0.6 is 0 Å². The van der Waals surface area contributed by atoms with Gasteiger partial charge >= 0.3 is 0 Å². The van der Waals surface area contributed by atoms with E-state index in [0.29, 0.717) is 30.5 Å². The molecule has 3 N–H and O–H groups in total. The number of amides is 1. The summed E-state index contributed by atoms with van der Waals surface area (Å²) in [7, 11) is 1.63. The van der Waals surface area contributed by atoms with E-state index in [4.69, 9.17) is 19.8 Å². The summed E-state index contributed by atoms with van der Waals surface area (Å²) in [5.41, 5.74) is 3.37. The largest absolute Gasteiger partial charge is 0.497 e. The Morgan fingerprint density at radius 1 is 1.16 bits per heavy atom. The SMILES string of the molecule is COc1cccc(-c2nc3c4c(C)cccc4nc(N[C@@H]4CNCCNC4=O)n3n2)c1. The number of carbonyl (C=O) groups excluding carboxylic acids is 1. The number of methoxy groups -OCH3 is 1. The average Bonchev–Trinajstić information content (AvgIpc) is 3.14. The predicted octanol–water partition coefficient (Wildman–Crippen LogP) is 1.76. The number of ether oxygens (including phenoxy) is 1. The minimum atomic E-state index is -0.468. The van der Waals surface area contributed by atoms with Gasteiger partial charge in [-0.1, -0.05) is 24.3 Å². The molecule has 31 heavy (non-hydrogen) atoms. The molecule has 2 aromatic carbocycles. The lowest BCUT2D eigenvalue weighted by atomic mass is 10.1. The van der Waals surface area contributed by atoms with Gasteiger partial charge in [-0.2, -0.15) is 4.52 Å². The van der Waals surface area contributed by atoms with E-state index in [1.54, 1.807) is 11.6 Å². The number of hydrogen-bond acceptors (Lipinski definition) is 7. The summed E-state index contributed by atoms with van der Waals surface area (Å²) < 4.78 is 7.03. The Morgan fingerprint density at radius 3 is 2.90 bits per heavy atom. The molecule has 0 unspecified atom stereocenters. The Balaban J connectivity index is 1.68. The molecule has 0 spiro atoms. The normalized spacial score (nSPS) is 16.8. The van der Waals surface area contributed by atoms with Crippen molar-refractivity contribution in [2.75, 3.05) is 32.1 Å². The van der Waals surface area contributed by atoms with Crippen molar-refractivity contribution in [3.05, 3.63) is 48.0 Å². The molecule has 9 heteroatoms. The van der Waals surface area contributed by atoms with Crippen molar-refractivity contribution in [2.24, 2.45) is 0 Å². The van der Waals surface area contributed by atoms with E-state index in [9.17, 15) is 4.79 Å². The summed E-state index contributed by atoms with van der Waals surface area (Å²) in [5, 5.41) is 15.1. The second kappa shape index (κ2) is 7.84. The number of fused-ring (bicyclic) bond motifs is 3. The first-order chi connectivity index (χ1) is 15.1. The molecule has 1 atom stereocenters. The van der Waals surface area contributed by atoms with Crippen LogP contribution in [0.1, 0.15) is 5.56 Å². The number of nitrogens with zero attached hydrogens (tertiary/aromatic N) is 4. The van der Waals surface area contributed by atoms with E-state index in [-0.39, 0.29) is 5.91 Å². The van der Waals surface area contributed by atoms with E-state index in [1.165, 1.54) is 0 Å². The summed E-state index contributed by atoms with van der Waals surface area (Å²) in [6.45, 7) is 3.85. The van der Waals surface area contributed by atoms with E-state index >= 15 is 0 Å². The van der Waals surface area contributed by atoms with Crippen LogP contribution in [0.15, 0.2) is 42.5 Å². The maximum Gasteiger partial charge on any atom is 0.243 e. The number of benzene rings is 2. The summed E-state index contributed by atoms with van der Waals surface area (Å²) in [6.07, 6.45) is 0. The third-order valence-corrected chi connectivity index (χ3v) is 5.41. The van der Waals surface area contributed by atoms with E-state index < -0.39 is 6.04 Å². The lowest BCUT2D eigenvalue weighted by Gasteiger charge is -2.17. The van der Waals surface area contributed by atoms with Crippen LogP contribution in [-0.2, 0) is 4.79 Å². The van der Waals surface area contributed by atoms with Crippen LogP contribution in [-0.4, -0.2) is 58.3 Å². The van der Waals surface area contributed by atoms with Gasteiger partial charge in [-0.15, -0.1) is 5.10 Å². The first kappa shape index (κ1) is 19.3. The average molecular weight is 417 g/mol. The minimum absolute atomic E-state index is 0.0718. The van der Waals surface area contributed by atoms with Gasteiger partial charge in [-0.3, -0.25) is 4.79 Å². The fourth-order valence-corrected chi connectivity index (χ4v) is 3.81. The van der Waals surface area contributed by atoms with Crippen molar-refractivity contribution < 1.29 is 9.53 Å². The zero-order valence-electron chi connectivity index (χ0n) is 17.3. The highest BCUT2D eigenvalue weighted by atomic mass is 16.5. The van der Waals surface area contributed by atoms with Gasteiger partial charge < -0.3 is 20.7 Å². The summed E-state index contributed by atoms with van der Waals surface area (Å²) >= 11 is 0. The Bertz CT molecular complexity index is 1280. The Hall–Kier alpha value is -3.72. The highest BCUT2D eigenvalue weighted by Gasteiger charge is 2.23. The number of anilines is 1. The maximum absolute atomic E-state index is 12.5. The smallest absolute Gasteiger partial charge is 0.243 e. The second-order valence-corrected chi connectivity index (χ2v) is 7.50. The number of rotatable bonds is 4. The maximum atomic E-state index is 12.5. The third-order valence-electron chi connectivity index (χ3n) is 5.41. The Labute approximate surface area is 178 Å². The van der Waals surface area contributed by atoms with Crippen LogP contribution in [0.25, 0.3) is 27.9 Å². The van der Waals surface area contributed by atoms with Crippen molar-refractivity contribution in [1.29, 1.82) is 0 Å². The number of carbonyl (C=O) groups is 1. The van der Waals surface area contributed by atoms with Gasteiger partial charge in [-0.05, 0) is 30.7 Å². The van der Waals surface area contributed by atoms with Crippen molar-refractivity contribution in [3.8, 4) is 17.1 Å². The number of hydrogen-bond donors (Lipinski definition) is 3. The van der Waals surface area contributed by atoms with Crippen molar-refractivity contribution in [3.63, 3.8) is 0 Å². The van der Waals surface area contributed by atoms with E-state index in [1.807, 2.05) is 49.4 Å². The molecule has 5 rings (SSSR count). The molecule has 0 radical (unpaired) electrons. The first-order valence-corrected chi connectivity index (χ1v) is 10.2. The second-order valence-electron chi connectivity index (χ2n) is 7.50. The van der Waals surface area contributed by atoms with Crippen LogP contribution in [0.5, 0.6) is 5.75 Å². The molecule has 4 aromatic rings. The zero-order valence-corrected chi connectivity index (χ0v) is 17.3. The van der Waals surface area contributed by atoms with Gasteiger partial charge in [0.2, 0.25) is 11.9 Å². The highest BCUT2D eigenvalue weighted by molar-refractivity contribution is 5.96. The van der Waals surface area contributed by atoms with Crippen LogP contribution < -0.4 is 20.7 Å². The molecular weight excluding hydrogens is 394 g/mol. The van der Waals surface area contributed by atoms with Gasteiger partial charge in [0.1, 0.15) is 11.8 Å². The van der Waals surface area contributed by atoms with Crippen LogP contribution in [0, 0.1) is 6.92 Å². The predicted molar refractivity (Wildman–Crippen MR) is 118 cm³/mol. The zero-order chi connectivity index (χ0) is 21.4. The molecule has 3 heterocycles. The lowest BCUT2D eigenvalue weighted by Crippen LogP contribution is -2.42. The van der Waals surface area contributed by atoms with Gasteiger partial charge in [0.15, 0.2) is 11.5 Å². The summed E-state index contributed by atoms with van der Waals surface area (Å²) in [4.78, 5) is 22.1. The van der Waals surface area contributed by atoms with Crippen molar-refractivity contribution in [1.82, 2.24) is 30.2 Å². The molecule has 158 valence electrons. The number of aryl methyl sites for hydroxylation is 1. The molecule has 1 aliphatic rings. The molecule has 1 fully saturated rings. The molecule has 1 aliphatic heterocycles. The lowest BCUT2D eigenvalue weighted by molar-refractivity contribution is -0.121. The van der Waals surface area contributed by atoms with Crippen LogP contribution in [0.4, 0.5) is 5.95 Å². The van der Waals surface area contributed by atoms with Gasteiger partial charge in [0, 0.05) is 30.6 Å². The summed E-state index contributed by atoms with van der Waals surface area (Å²) in [6, 6.07) is 13.1. The van der Waals surface area contributed by atoms with E-state index in [0.717, 1.165) is 34.3 Å². The van der Waals surface area contributed by atoms with Crippen molar-refractivity contribution in [2.45, 2.75) is 13.0 Å². The fraction of sp³-hybridized carbons (Fsp3) is 0.273. The molecular formula is C22H23N7O2. The first-order valence-electron chi connectivity index (χ1n) is 10.2. The quantitative estimate of drug-likeness (QED) is 0.465. The third kappa shape index (κ3) is 3.53. The van der Waals surface area contributed by atoms with Gasteiger partial charge in [0.25, 0.3) is 0 Å². The molecule has 0 bridgehead atoms. The van der Waals surface area contributed by atoms with Crippen molar-refractivity contribution >= 4 is 28.4 Å². The van der Waals surface area contributed by atoms with Gasteiger partial charge in [0.05, 0.1) is 12.6 Å². The van der Waals surface area contributed by atoms with E-state index in [2.05, 4.69) is 16.0 Å². The number of aromatic nitrogens is 4. The molecule has 0 saturated carbocycles.